The Bertz CT molecular complexity index is 596. The van der Waals surface area contributed by atoms with Gasteiger partial charge in [0.05, 0.1) is 13.2 Å². The van der Waals surface area contributed by atoms with Gasteiger partial charge in [0.15, 0.2) is 0 Å². The van der Waals surface area contributed by atoms with Gasteiger partial charge in [0.1, 0.15) is 6.10 Å². The lowest BCUT2D eigenvalue weighted by Gasteiger charge is -2.15. The smallest absolute Gasteiger partial charge is 0.306 e. The highest BCUT2D eigenvalue weighted by atomic mass is 16.6. The van der Waals surface area contributed by atoms with Gasteiger partial charge in [0.25, 0.3) is 0 Å². The van der Waals surface area contributed by atoms with Gasteiger partial charge in [-0.2, -0.15) is 0 Å². The van der Waals surface area contributed by atoms with Gasteiger partial charge in [-0.25, -0.2) is 0 Å². The fourth-order valence-electron chi connectivity index (χ4n) is 4.57. The summed E-state index contributed by atoms with van der Waals surface area (Å²) in [5.41, 5.74) is 0. The molecule has 0 aromatic rings. The zero-order valence-electron chi connectivity index (χ0n) is 26.6. The maximum Gasteiger partial charge on any atom is 0.306 e. The molecule has 234 valence electrons. The molecule has 40 heavy (non-hydrogen) atoms. The molecule has 0 aliphatic carbocycles. The van der Waals surface area contributed by atoms with E-state index in [1.807, 2.05) is 0 Å². The van der Waals surface area contributed by atoms with Crippen molar-refractivity contribution in [1.29, 1.82) is 0 Å². The molecule has 0 heterocycles. The lowest BCUT2D eigenvalue weighted by Crippen LogP contribution is -2.27. The van der Waals surface area contributed by atoms with Crippen LogP contribution in [-0.4, -0.2) is 37.0 Å². The second-order valence-corrected chi connectivity index (χ2v) is 11.2. The molecule has 1 unspecified atom stereocenters. The highest BCUT2D eigenvalue weighted by Gasteiger charge is 2.13. The Balaban J connectivity index is 3.50. The van der Waals surface area contributed by atoms with E-state index in [4.69, 9.17) is 9.47 Å². The van der Waals surface area contributed by atoms with Gasteiger partial charge in [0.2, 0.25) is 0 Å². The molecule has 4 nitrogen and oxygen atoms in total. The molecule has 0 bridgehead atoms. The third-order valence-corrected chi connectivity index (χ3v) is 7.19. The Morgan fingerprint density at radius 1 is 0.600 bits per heavy atom. The number of aliphatic hydroxyl groups is 1. The fourth-order valence-corrected chi connectivity index (χ4v) is 4.57. The van der Waals surface area contributed by atoms with E-state index in [-0.39, 0.29) is 19.2 Å². The van der Waals surface area contributed by atoms with Gasteiger partial charge in [-0.3, -0.25) is 4.79 Å². The minimum Gasteiger partial charge on any atom is -0.457 e. The van der Waals surface area contributed by atoms with Crippen LogP contribution in [0, 0.1) is 0 Å². The first-order chi connectivity index (χ1) is 19.7. The van der Waals surface area contributed by atoms with Crippen molar-refractivity contribution in [2.75, 3.05) is 19.8 Å². The average Bonchev–Trinajstić information content (AvgIpc) is 2.96. The monoisotopic (exact) mass is 562 g/mol. The third-order valence-electron chi connectivity index (χ3n) is 7.19. The van der Waals surface area contributed by atoms with E-state index in [1.54, 1.807) is 0 Å². The molecule has 0 saturated carbocycles. The molecule has 0 saturated heterocycles. The van der Waals surface area contributed by atoms with Crippen LogP contribution in [0.4, 0.5) is 0 Å². The summed E-state index contributed by atoms with van der Waals surface area (Å²) in [5, 5.41) is 9.52. The van der Waals surface area contributed by atoms with Gasteiger partial charge < -0.3 is 14.6 Å². The number of hydrogen-bond donors (Lipinski definition) is 1. The average molecular weight is 563 g/mol. The molecule has 0 spiro atoms. The third kappa shape index (κ3) is 31.1. The van der Waals surface area contributed by atoms with Crippen LogP contribution >= 0.6 is 0 Å². The van der Waals surface area contributed by atoms with Crippen LogP contribution in [0.5, 0.6) is 0 Å². The maximum absolute atomic E-state index is 12.1. The number of allylic oxidation sites excluding steroid dienone is 6. The Morgan fingerprint density at radius 2 is 1.07 bits per heavy atom. The number of esters is 1. The largest absolute Gasteiger partial charge is 0.457 e. The van der Waals surface area contributed by atoms with Crippen LogP contribution in [0.3, 0.4) is 0 Å². The Morgan fingerprint density at radius 3 is 1.65 bits per heavy atom. The Labute approximate surface area is 249 Å². The van der Waals surface area contributed by atoms with Crippen LogP contribution in [0.25, 0.3) is 0 Å². The lowest BCUT2D eigenvalue weighted by molar-refractivity contribution is -0.154. The second-order valence-electron chi connectivity index (χ2n) is 11.2. The summed E-state index contributed by atoms with van der Waals surface area (Å²) in [6.07, 6.45) is 40.3. The summed E-state index contributed by atoms with van der Waals surface area (Å²) < 4.78 is 11.1. The zero-order valence-corrected chi connectivity index (χ0v) is 26.6. The first kappa shape index (κ1) is 38.6. The van der Waals surface area contributed by atoms with Crippen molar-refractivity contribution < 1.29 is 19.4 Å². The van der Waals surface area contributed by atoms with Crippen molar-refractivity contribution in [3.05, 3.63) is 36.5 Å². The minimum atomic E-state index is -0.541. The zero-order chi connectivity index (χ0) is 29.2. The Hall–Kier alpha value is -1.39. The molecule has 0 aromatic carbocycles. The summed E-state index contributed by atoms with van der Waals surface area (Å²) in [6.45, 7) is 5.26. The molecule has 1 N–H and O–H groups in total. The van der Waals surface area contributed by atoms with Crippen LogP contribution < -0.4 is 0 Å². The van der Waals surface area contributed by atoms with Gasteiger partial charge in [-0.05, 0) is 64.2 Å². The van der Waals surface area contributed by atoms with Crippen molar-refractivity contribution in [2.24, 2.45) is 0 Å². The first-order valence-electron chi connectivity index (χ1n) is 17.1. The normalized spacial score (nSPS) is 12.8. The molecule has 0 rings (SSSR count). The standard InChI is InChI=1S/C36H66O4/c1-3-5-7-9-11-13-15-17-18-19-20-21-23-25-27-29-31-36(38)40-35(33-37)34-39-32-30-28-26-24-22-16-14-12-10-8-6-4-2/h10,12-13,15,18-19,35,37H,3-9,11,14,16-17,20-34H2,1-2H3/b12-10-,15-13-,19-18-. The quantitative estimate of drug-likeness (QED) is 0.0518. The number of rotatable bonds is 31. The van der Waals surface area contributed by atoms with Gasteiger partial charge >= 0.3 is 5.97 Å². The molecule has 0 radical (unpaired) electrons. The molecule has 0 aliphatic rings. The molecule has 0 fully saturated rings. The fraction of sp³-hybridized carbons (Fsp3) is 0.806. The molecule has 1 atom stereocenters. The molecule has 0 aliphatic heterocycles. The summed E-state index contributed by atoms with van der Waals surface area (Å²) in [7, 11) is 0. The van der Waals surface area contributed by atoms with E-state index < -0.39 is 6.10 Å². The van der Waals surface area contributed by atoms with Crippen molar-refractivity contribution in [3.63, 3.8) is 0 Å². The molecule has 4 heteroatoms. The van der Waals surface area contributed by atoms with Crippen molar-refractivity contribution in [3.8, 4) is 0 Å². The van der Waals surface area contributed by atoms with E-state index in [2.05, 4.69) is 50.3 Å². The number of ether oxygens (including phenoxy) is 2. The second kappa shape index (κ2) is 33.8. The SMILES string of the molecule is CCCC/C=C\CCCCCCCCOCC(CO)OC(=O)CCCCCCC/C=C\C/C=C\CCCCCC. The van der Waals surface area contributed by atoms with Crippen molar-refractivity contribution in [2.45, 2.75) is 168 Å². The molecule has 0 aromatic heterocycles. The number of unbranched alkanes of at least 4 members (excludes halogenated alkanes) is 17. The molecular formula is C36H66O4. The maximum atomic E-state index is 12.1. The van der Waals surface area contributed by atoms with E-state index in [0.717, 1.165) is 38.5 Å². The Kier molecular flexibility index (Phi) is 32.6. The van der Waals surface area contributed by atoms with Crippen LogP contribution in [0.2, 0.25) is 0 Å². The number of carbonyl (C=O) groups is 1. The lowest BCUT2D eigenvalue weighted by atomic mass is 10.1. The summed E-state index contributed by atoms with van der Waals surface area (Å²) >= 11 is 0. The van der Waals surface area contributed by atoms with Crippen LogP contribution in [0.15, 0.2) is 36.5 Å². The topological polar surface area (TPSA) is 55.8 Å². The summed E-state index contributed by atoms with van der Waals surface area (Å²) in [4.78, 5) is 12.1. The van der Waals surface area contributed by atoms with Gasteiger partial charge in [-0.15, -0.1) is 0 Å². The van der Waals surface area contributed by atoms with Crippen molar-refractivity contribution >= 4 is 5.97 Å². The summed E-state index contributed by atoms with van der Waals surface area (Å²) in [6, 6.07) is 0. The summed E-state index contributed by atoms with van der Waals surface area (Å²) in [5.74, 6) is -0.218. The van der Waals surface area contributed by atoms with E-state index in [9.17, 15) is 9.90 Å². The molecular weight excluding hydrogens is 496 g/mol. The van der Waals surface area contributed by atoms with E-state index in [0.29, 0.717) is 13.0 Å². The first-order valence-corrected chi connectivity index (χ1v) is 17.1. The predicted molar refractivity (Wildman–Crippen MR) is 173 cm³/mol. The highest BCUT2D eigenvalue weighted by molar-refractivity contribution is 5.69. The van der Waals surface area contributed by atoms with E-state index in [1.165, 1.54) is 103 Å². The van der Waals surface area contributed by atoms with Crippen LogP contribution in [0.1, 0.15) is 162 Å². The van der Waals surface area contributed by atoms with Crippen LogP contribution in [-0.2, 0) is 14.3 Å². The number of hydrogen-bond acceptors (Lipinski definition) is 4. The van der Waals surface area contributed by atoms with E-state index >= 15 is 0 Å². The van der Waals surface area contributed by atoms with Crippen molar-refractivity contribution in [1.82, 2.24) is 0 Å². The predicted octanol–water partition coefficient (Wildman–Crippen LogP) is 10.6. The van der Waals surface area contributed by atoms with Gasteiger partial charge in [-0.1, -0.05) is 127 Å². The number of carbonyl (C=O) groups excluding carboxylic acids is 1. The van der Waals surface area contributed by atoms with Gasteiger partial charge in [0, 0.05) is 13.0 Å². The minimum absolute atomic E-state index is 0.180. The highest BCUT2D eigenvalue weighted by Crippen LogP contribution is 2.11. The molecule has 0 amide bonds. The number of aliphatic hydroxyl groups excluding tert-OH is 1.